The van der Waals surface area contributed by atoms with Crippen LogP contribution < -0.4 is 5.32 Å². The SMILES string of the molecule is CNC(=O)C(C)CN(C)S(=O)(=O)c1cc(C(=O)O)sc1Br. The van der Waals surface area contributed by atoms with Gasteiger partial charge >= 0.3 is 5.97 Å². The van der Waals surface area contributed by atoms with Crippen molar-refractivity contribution in [2.45, 2.75) is 11.8 Å². The number of carbonyl (C=O) groups is 2. The molecule has 0 bridgehead atoms. The molecular formula is C11H15BrN2O5S2. The van der Waals surface area contributed by atoms with Gasteiger partial charge in [0.05, 0.1) is 3.79 Å². The van der Waals surface area contributed by atoms with Gasteiger partial charge in [-0.05, 0) is 22.0 Å². The van der Waals surface area contributed by atoms with E-state index in [-0.39, 0.29) is 26.0 Å². The topological polar surface area (TPSA) is 104 Å². The van der Waals surface area contributed by atoms with Crippen LogP contribution in [0, 0.1) is 5.92 Å². The average Bonchev–Trinajstić information content (AvgIpc) is 2.80. The fourth-order valence-corrected chi connectivity index (χ4v) is 5.22. The molecule has 0 saturated carbocycles. The van der Waals surface area contributed by atoms with Crippen molar-refractivity contribution in [2.24, 2.45) is 5.92 Å². The van der Waals surface area contributed by atoms with E-state index < -0.39 is 21.9 Å². The first-order valence-corrected chi connectivity index (χ1v) is 8.86. The molecule has 0 spiro atoms. The third kappa shape index (κ3) is 4.02. The molecule has 7 nitrogen and oxygen atoms in total. The number of nitrogens with one attached hydrogen (secondary N) is 1. The molecular weight excluding hydrogens is 384 g/mol. The number of amides is 1. The minimum atomic E-state index is -3.87. The van der Waals surface area contributed by atoms with Crippen LogP contribution in [0.1, 0.15) is 16.6 Å². The molecule has 1 rings (SSSR count). The van der Waals surface area contributed by atoms with Crippen LogP contribution in [0.5, 0.6) is 0 Å². The quantitative estimate of drug-likeness (QED) is 0.749. The summed E-state index contributed by atoms with van der Waals surface area (Å²) in [6.45, 7) is 1.60. The standard InChI is InChI=1S/C11H15BrN2O5S2/c1-6(10(15)13-2)5-14(3)21(18,19)8-4-7(11(16)17)20-9(8)12/h4,6H,5H2,1-3H3,(H,13,15)(H,16,17). The molecule has 0 aliphatic carbocycles. The van der Waals surface area contributed by atoms with Crippen LogP contribution in [0.4, 0.5) is 0 Å². The second kappa shape index (κ2) is 6.86. The zero-order chi connectivity index (χ0) is 16.4. The van der Waals surface area contributed by atoms with Crippen molar-refractivity contribution in [3.8, 4) is 0 Å². The number of sulfonamides is 1. The minimum absolute atomic E-state index is 0.00724. The first-order chi connectivity index (χ1) is 9.61. The van der Waals surface area contributed by atoms with Gasteiger partial charge in [-0.3, -0.25) is 4.79 Å². The first kappa shape index (κ1) is 18.1. The summed E-state index contributed by atoms with van der Waals surface area (Å²) < 4.78 is 26.1. The predicted octanol–water partition coefficient (Wildman–Crippen LogP) is 1.21. The third-order valence-corrected chi connectivity index (χ3v) is 6.84. The molecule has 1 unspecified atom stereocenters. The smallest absolute Gasteiger partial charge is 0.345 e. The molecule has 1 heterocycles. The van der Waals surface area contributed by atoms with Crippen LogP contribution in [0.3, 0.4) is 0 Å². The van der Waals surface area contributed by atoms with E-state index in [9.17, 15) is 18.0 Å². The molecule has 0 aliphatic rings. The lowest BCUT2D eigenvalue weighted by molar-refractivity contribution is -0.124. The van der Waals surface area contributed by atoms with Gasteiger partial charge in [0.25, 0.3) is 0 Å². The molecule has 2 N–H and O–H groups in total. The Kier molecular flexibility index (Phi) is 5.91. The van der Waals surface area contributed by atoms with Crippen LogP contribution in [-0.2, 0) is 14.8 Å². The summed E-state index contributed by atoms with van der Waals surface area (Å²) in [5.74, 6) is -1.98. The van der Waals surface area contributed by atoms with Gasteiger partial charge in [0.15, 0.2) is 0 Å². The number of halogens is 1. The minimum Gasteiger partial charge on any atom is -0.477 e. The molecule has 118 valence electrons. The van der Waals surface area contributed by atoms with Crippen molar-refractivity contribution in [1.82, 2.24) is 9.62 Å². The highest BCUT2D eigenvalue weighted by Crippen LogP contribution is 2.33. The molecule has 1 amide bonds. The Labute approximate surface area is 135 Å². The van der Waals surface area contributed by atoms with Gasteiger partial charge in [-0.15, -0.1) is 11.3 Å². The average molecular weight is 399 g/mol. The van der Waals surface area contributed by atoms with Gasteiger partial charge in [0.1, 0.15) is 9.77 Å². The lowest BCUT2D eigenvalue weighted by Crippen LogP contribution is -2.37. The number of hydrogen-bond acceptors (Lipinski definition) is 5. The van der Waals surface area contributed by atoms with E-state index in [0.717, 1.165) is 21.7 Å². The number of aromatic carboxylic acids is 1. The third-order valence-electron chi connectivity index (χ3n) is 2.78. The maximum atomic E-state index is 12.4. The van der Waals surface area contributed by atoms with E-state index in [1.54, 1.807) is 6.92 Å². The Morgan fingerprint density at radius 2 is 2.10 bits per heavy atom. The Morgan fingerprint density at radius 1 is 1.52 bits per heavy atom. The number of hydrogen-bond donors (Lipinski definition) is 2. The molecule has 1 atom stereocenters. The summed E-state index contributed by atoms with van der Waals surface area (Å²) in [7, 11) is -1.04. The number of carboxylic acid groups (broad SMARTS) is 1. The molecule has 0 radical (unpaired) electrons. The number of nitrogens with zero attached hydrogens (tertiary/aromatic N) is 1. The fraction of sp³-hybridized carbons (Fsp3) is 0.455. The zero-order valence-corrected chi connectivity index (χ0v) is 14.8. The van der Waals surface area contributed by atoms with Gasteiger partial charge in [-0.1, -0.05) is 6.92 Å². The van der Waals surface area contributed by atoms with Crippen LogP contribution in [-0.4, -0.2) is 50.3 Å². The number of rotatable bonds is 6. The Bertz CT molecular complexity index is 656. The van der Waals surface area contributed by atoms with Crippen LogP contribution in [0.2, 0.25) is 0 Å². The molecule has 21 heavy (non-hydrogen) atoms. The van der Waals surface area contributed by atoms with Crippen molar-refractivity contribution < 1.29 is 23.1 Å². The van der Waals surface area contributed by atoms with Crippen LogP contribution in [0.15, 0.2) is 14.7 Å². The second-order valence-electron chi connectivity index (χ2n) is 4.35. The summed E-state index contributed by atoms with van der Waals surface area (Å²) in [5, 5.41) is 11.4. The van der Waals surface area contributed by atoms with E-state index in [2.05, 4.69) is 21.2 Å². The summed E-state index contributed by atoms with van der Waals surface area (Å²) >= 11 is 3.90. The van der Waals surface area contributed by atoms with Crippen molar-refractivity contribution in [3.05, 3.63) is 14.7 Å². The van der Waals surface area contributed by atoms with Crippen molar-refractivity contribution in [1.29, 1.82) is 0 Å². The van der Waals surface area contributed by atoms with Gasteiger partial charge in [-0.2, -0.15) is 0 Å². The Hall–Kier alpha value is -0.970. The maximum absolute atomic E-state index is 12.4. The lowest BCUT2D eigenvalue weighted by atomic mass is 10.2. The fourth-order valence-electron chi connectivity index (χ4n) is 1.61. The maximum Gasteiger partial charge on any atom is 0.345 e. The highest BCUT2D eigenvalue weighted by Gasteiger charge is 2.29. The molecule has 1 aromatic heterocycles. The summed E-state index contributed by atoms with van der Waals surface area (Å²) in [6, 6.07) is 1.10. The highest BCUT2D eigenvalue weighted by molar-refractivity contribution is 9.11. The number of thiophene rings is 1. The molecule has 0 aliphatic heterocycles. The first-order valence-electron chi connectivity index (χ1n) is 5.81. The van der Waals surface area contributed by atoms with Gasteiger partial charge in [-0.25, -0.2) is 17.5 Å². The van der Waals surface area contributed by atoms with Gasteiger partial charge in [0.2, 0.25) is 15.9 Å². The molecule has 0 aromatic carbocycles. The largest absolute Gasteiger partial charge is 0.477 e. The van der Waals surface area contributed by atoms with Crippen LogP contribution in [0.25, 0.3) is 0 Å². The molecule has 1 aromatic rings. The van der Waals surface area contributed by atoms with Crippen LogP contribution >= 0.6 is 27.3 Å². The summed E-state index contributed by atoms with van der Waals surface area (Å²) in [6.07, 6.45) is 0. The normalized spacial score (nSPS) is 13.2. The van der Waals surface area contributed by atoms with E-state index in [4.69, 9.17) is 5.11 Å². The van der Waals surface area contributed by atoms with E-state index >= 15 is 0 Å². The van der Waals surface area contributed by atoms with Crippen molar-refractivity contribution in [3.63, 3.8) is 0 Å². The highest BCUT2D eigenvalue weighted by atomic mass is 79.9. The zero-order valence-electron chi connectivity index (χ0n) is 11.6. The van der Waals surface area contributed by atoms with E-state index in [1.165, 1.54) is 14.1 Å². The van der Waals surface area contributed by atoms with Crippen molar-refractivity contribution >= 4 is 49.2 Å². The van der Waals surface area contributed by atoms with E-state index in [0.29, 0.717) is 0 Å². The number of carbonyl (C=O) groups excluding carboxylic acids is 1. The molecule has 0 fully saturated rings. The lowest BCUT2D eigenvalue weighted by Gasteiger charge is -2.20. The molecule has 10 heteroatoms. The molecule has 0 saturated heterocycles. The van der Waals surface area contributed by atoms with Crippen molar-refractivity contribution in [2.75, 3.05) is 20.6 Å². The second-order valence-corrected chi connectivity index (χ2v) is 8.74. The van der Waals surface area contributed by atoms with Gasteiger partial charge in [0, 0.05) is 26.6 Å². The Balaban J connectivity index is 3.05. The van der Waals surface area contributed by atoms with E-state index in [1.807, 2.05) is 0 Å². The number of carboxylic acids is 1. The summed E-state index contributed by atoms with van der Waals surface area (Å²) in [4.78, 5) is 22.2. The Morgan fingerprint density at radius 3 is 2.52 bits per heavy atom. The monoisotopic (exact) mass is 398 g/mol. The predicted molar refractivity (Wildman–Crippen MR) is 82.0 cm³/mol. The summed E-state index contributed by atoms with van der Waals surface area (Å²) in [5.41, 5.74) is 0. The van der Waals surface area contributed by atoms with Gasteiger partial charge < -0.3 is 10.4 Å².